The van der Waals surface area contributed by atoms with Crippen molar-refractivity contribution in [1.29, 1.82) is 0 Å². The zero-order valence-corrected chi connectivity index (χ0v) is 9.11. The fraction of sp³-hybridized carbons (Fsp3) is 0.900. The molecule has 0 aromatic rings. The topological polar surface area (TPSA) is 90.2 Å². The predicted octanol–water partition coefficient (Wildman–Crippen LogP) is -1.91. The van der Waals surface area contributed by atoms with Crippen LogP contribution in [0.5, 0.6) is 0 Å². The molecule has 0 radical (unpaired) electrons. The van der Waals surface area contributed by atoms with Gasteiger partial charge in [0.2, 0.25) is 0 Å². The molecular weight excluding hydrogens is 214 g/mol. The minimum atomic E-state index is -1.17. The maximum Gasteiger partial charge on any atom is 0.302 e. The summed E-state index contributed by atoms with van der Waals surface area (Å²) in [7, 11) is 0. The molecule has 6 nitrogen and oxygen atoms in total. The quantitative estimate of drug-likeness (QED) is 0.456. The highest BCUT2D eigenvalue weighted by Gasteiger charge is 2.49. The van der Waals surface area contributed by atoms with Gasteiger partial charge in [-0.25, -0.2) is 0 Å². The van der Waals surface area contributed by atoms with Gasteiger partial charge in [0.25, 0.3) is 0 Å². The van der Waals surface area contributed by atoms with Gasteiger partial charge in [-0.15, -0.1) is 0 Å². The number of rotatable bonds is 1. The predicted molar refractivity (Wildman–Crippen MR) is 53.6 cm³/mol. The molecule has 0 saturated carbocycles. The lowest BCUT2D eigenvalue weighted by Crippen LogP contribution is -2.61. The fourth-order valence-electron chi connectivity index (χ4n) is 2.62. The summed E-state index contributed by atoms with van der Waals surface area (Å²) < 4.78 is 5.10. The largest absolute Gasteiger partial charge is 0.461 e. The first-order chi connectivity index (χ1) is 7.50. The number of nitrogens with zero attached hydrogens (tertiary/aromatic N) is 1. The molecular formula is C10H17NO5. The van der Waals surface area contributed by atoms with Crippen molar-refractivity contribution in [3.05, 3.63) is 0 Å². The smallest absolute Gasteiger partial charge is 0.302 e. The van der Waals surface area contributed by atoms with E-state index in [4.69, 9.17) is 4.74 Å². The van der Waals surface area contributed by atoms with Crippen molar-refractivity contribution >= 4 is 5.97 Å². The van der Waals surface area contributed by atoms with Crippen LogP contribution < -0.4 is 0 Å². The van der Waals surface area contributed by atoms with Gasteiger partial charge in [-0.05, 0) is 6.42 Å². The maximum atomic E-state index is 10.9. The Kier molecular flexibility index (Phi) is 3.16. The molecule has 0 aliphatic carbocycles. The third kappa shape index (κ3) is 1.93. The third-order valence-electron chi connectivity index (χ3n) is 3.34. The summed E-state index contributed by atoms with van der Waals surface area (Å²) in [4.78, 5) is 12.7. The van der Waals surface area contributed by atoms with E-state index in [9.17, 15) is 20.1 Å². The van der Waals surface area contributed by atoms with Crippen LogP contribution in [0, 0.1) is 0 Å². The number of carbonyl (C=O) groups excluding carboxylic acids is 1. The Bertz CT molecular complexity index is 284. The van der Waals surface area contributed by atoms with Gasteiger partial charge in [0.15, 0.2) is 0 Å². The van der Waals surface area contributed by atoms with E-state index in [0.717, 1.165) is 0 Å². The molecule has 2 heterocycles. The summed E-state index contributed by atoms with van der Waals surface area (Å²) in [5.41, 5.74) is 0. The molecule has 2 rings (SSSR count). The number of aliphatic hydroxyl groups excluding tert-OH is 3. The summed E-state index contributed by atoms with van der Waals surface area (Å²) in [5.74, 6) is -0.389. The fourth-order valence-corrected chi connectivity index (χ4v) is 2.62. The van der Waals surface area contributed by atoms with Gasteiger partial charge in [-0.1, -0.05) is 0 Å². The molecule has 2 fully saturated rings. The normalized spacial score (nSPS) is 44.1. The van der Waals surface area contributed by atoms with Crippen molar-refractivity contribution in [2.24, 2.45) is 0 Å². The summed E-state index contributed by atoms with van der Waals surface area (Å²) in [5, 5.41) is 28.9. The van der Waals surface area contributed by atoms with Crippen molar-refractivity contribution in [3.63, 3.8) is 0 Å². The van der Waals surface area contributed by atoms with Gasteiger partial charge < -0.3 is 20.1 Å². The third-order valence-corrected chi connectivity index (χ3v) is 3.34. The molecule has 3 N–H and O–H groups in total. The van der Waals surface area contributed by atoms with Crippen molar-refractivity contribution in [1.82, 2.24) is 4.90 Å². The Hall–Kier alpha value is -0.690. The van der Waals surface area contributed by atoms with Gasteiger partial charge in [0, 0.05) is 20.0 Å². The van der Waals surface area contributed by atoms with E-state index in [-0.39, 0.29) is 5.97 Å². The Labute approximate surface area is 93.4 Å². The van der Waals surface area contributed by atoms with Gasteiger partial charge in [0.05, 0.1) is 12.1 Å². The second-order valence-corrected chi connectivity index (χ2v) is 4.47. The number of esters is 1. The van der Waals surface area contributed by atoms with Crippen LogP contribution in [0.15, 0.2) is 0 Å². The van der Waals surface area contributed by atoms with E-state index in [1.54, 1.807) is 0 Å². The van der Waals surface area contributed by atoms with Gasteiger partial charge in [-0.2, -0.15) is 0 Å². The number of aliphatic hydroxyl groups is 3. The Morgan fingerprint density at radius 2 is 2.00 bits per heavy atom. The Morgan fingerprint density at radius 1 is 1.31 bits per heavy atom. The molecule has 0 amide bonds. The monoisotopic (exact) mass is 231 g/mol. The van der Waals surface area contributed by atoms with Crippen molar-refractivity contribution in [2.45, 2.75) is 43.8 Å². The van der Waals surface area contributed by atoms with E-state index in [1.165, 1.54) is 6.92 Å². The first-order valence-corrected chi connectivity index (χ1v) is 5.46. The average molecular weight is 231 g/mol. The highest BCUT2D eigenvalue weighted by atomic mass is 16.5. The highest BCUT2D eigenvalue weighted by molar-refractivity contribution is 5.66. The lowest BCUT2D eigenvalue weighted by molar-refractivity contribution is -0.163. The SMILES string of the molecule is CC(=O)O[C@H]1CCN2CC(O)C(O)C(O)C12. The standard InChI is InChI=1S/C10H17NO5/c1-5(12)16-7-2-3-11-4-6(13)9(14)10(15)8(7)11/h6-10,13-15H,2-4H2,1H3/t6?,7-,8?,9?,10?/m0/s1. The van der Waals surface area contributed by atoms with E-state index >= 15 is 0 Å². The van der Waals surface area contributed by atoms with Crippen LogP contribution in [-0.2, 0) is 9.53 Å². The van der Waals surface area contributed by atoms with Crippen LogP contribution in [0.1, 0.15) is 13.3 Å². The van der Waals surface area contributed by atoms with Crippen molar-refractivity contribution < 1.29 is 24.9 Å². The zero-order chi connectivity index (χ0) is 11.9. The number of carbonyl (C=O) groups is 1. The minimum Gasteiger partial charge on any atom is -0.461 e. The van der Waals surface area contributed by atoms with Crippen LogP contribution in [0.2, 0.25) is 0 Å². The van der Waals surface area contributed by atoms with Crippen LogP contribution in [0.3, 0.4) is 0 Å². The molecule has 16 heavy (non-hydrogen) atoms. The lowest BCUT2D eigenvalue weighted by Gasteiger charge is -2.41. The number of hydrogen-bond acceptors (Lipinski definition) is 6. The molecule has 0 spiro atoms. The van der Waals surface area contributed by atoms with E-state index < -0.39 is 30.5 Å². The minimum absolute atomic E-state index is 0.306. The lowest BCUT2D eigenvalue weighted by atomic mass is 9.93. The summed E-state index contributed by atoms with van der Waals surface area (Å²) >= 11 is 0. The molecule has 2 aliphatic rings. The summed E-state index contributed by atoms with van der Waals surface area (Å²) in [6, 6.07) is -0.401. The van der Waals surface area contributed by atoms with Crippen LogP contribution in [0.25, 0.3) is 0 Å². The van der Waals surface area contributed by atoms with E-state index in [1.807, 2.05) is 4.90 Å². The van der Waals surface area contributed by atoms with Crippen LogP contribution in [0.4, 0.5) is 0 Å². The van der Waals surface area contributed by atoms with E-state index in [2.05, 4.69) is 0 Å². The van der Waals surface area contributed by atoms with Crippen LogP contribution >= 0.6 is 0 Å². The molecule has 2 saturated heterocycles. The Balaban J connectivity index is 2.10. The van der Waals surface area contributed by atoms with Crippen molar-refractivity contribution in [2.75, 3.05) is 13.1 Å². The molecule has 0 aromatic heterocycles. The molecule has 5 atom stereocenters. The van der Waals surface area contributed by atoms with E-state index in [0.29, 0.717) is 19.5 Å². The zero-order valence-electron chi connectivity index (χ0n) is 9.11. The van der Waals surface area contributed by atoms with Crippen molar-refractivity contribution in [3.8, 4) is 0 Å². The van der Waals surface area contributed by atoms with Crippen LogP contribution in [-0.4, -0.2) is 69.7 Å². The second-order valence-electron chi connectivity index (χ2n) is 4.47. The molecule has 0 bridgehead atoms. The maximum absolute atomic E-state index is 10.9. The summed E-state index contributed by atoms with van der Waals surface area (Å²) in [6.45, 7) is 2.28. The molecule has 92 valence electrons. The van der Waals surface area contributed by atoms with Gasteiger partial charge in [-0.3, -0.25) is 9.69 Å². The second kappa shape index (κ2) is 4.29. The molecule has 4 unspecified atom stereocenters. The first kappa shape index (κ1) is 11.8. The molecule has 0 aromatic carbocycles. The highest BCUT2D eigenvalue weighted by Crippen LogP contribution is 2.30. The Morgan fingerprint density at radius 3 is 2.62 bits per heavy atom. The van der Waals surface area contributed by atoms with Gasteiger partial charge >= 0.3 is 5.97 Å². The number of piperidine rings is 1. The molecule has 6 heteroatoms. The van der Waals surface area contributed by atoms with Gasteiger partial charge in [0.1, 0.15) is 18.3 Å². The number of hydrogen-bond donors (Lipinski definition) is 3. The first-order valence-electron chi connectivity index (χ1n) is 5.46. The number of fused-ring (bicyclic) bond motifs is 1. The summed E-state index contributed by atoms with van der Waals surface area (Å²) in [6.07, 6.45) is -2.95. The average Bonchev–Trinajstić information content (AvgIpc) is 2.57. The molecule has 2 aliphatic heterocycles. The number of ether oxygens (including phenoxy) is 1.